The molecule has 0 atom stereocenters. The van der Waals surface area contributed by atoms with Gasteiger partial charge in [-0.15, -0.1) is 0 Å². The second kappa shape index (κ2) is 5.60. The van der Waals surface area contributed by atoms with Gasteiger partial charge in [0.2, 0.25) is 0 Å². The fourth-order valence-electron chi connectivity index (χ4n) is 2.05. The van der Waals surface area contributed by atoms with Gasteiger partial charge < -0.3 is 4.74 Å². The highest BCUT2D eigenvalue weighted by atomic mass is 19.4. The lowest BCUT2D eigenvalue weighted by atomic mass is 10.1. The number of aldehydes is 1. The van der Waals surface area contributed by atoms with Gasteiger partial charge in [0.25, 0.3) is 0 Å². The van der Waals surface area contributed by atoms with E-state index in [1.54, 1.807) is 12.1 Å². The summed E-state index contributed by atoms with van der Waals surface area (Å²) >= 11 is 0. The summed E-state index contributed by atoms with van der Waals surface area (Å²) in [5, 5.41) is 0. The summed E-state index contributed by atoms with van der Waals surface area (Å²) in [5.41, 5.74) is 0.771. The van der Waals surface area contributed by atoms with Crippen LogP contribution in [0, 0.1) is 13.8 Å². The van der Waals surface area contributed by atoms with Crippen molar-refractivity contribution in [3.8, 4) is 11.5 Å². The molecule has 5 heteroatoms. The average molecular weight is 294 g/mol. The second-order valence-corrected chi connectivity index (χ2v) is 4.80. The zero-order valence-electron chi connectivity index (χ0n) is 11.5. The average Bonchev–Trinajstić information content (AvgIpc) is 2.36. The molecule has 0 heterocycles. The number of carbonyl (C=O) groups is 1. The van der Waals surface area contributed by atoms with Crippen molar-refractivity contribution in [2.24, 2.45) is 0 Å². The standard InChI is InChI=1S/C16H13F3O2/c1-10-5-11(2)7-13(6-10)21-15-4-3-12(9-20)8-14(15)16(17,18)19/h3-9H,1-2H3. The molecule has 2 aromatic carbocycles. The van der Waals surface area contributed by atoms with Gasteiger partial charge in [0, 0.05) is 5.56 Å². The summed E-state index contributed by atoms with van der Waals surface area (Å²) < 4.78 is 44.5. The highest BCUT2D eigenvalue weighted by molar-refractivity contribution is 5.75. The summed E-state index contributed by atoms with van der Waals surface area (Å²) in [5.74, 6) is 0.00922. The highest BCUT2D eigenvalue weighted by Crippen LogP contribution is 2.38. The first kappa shape index (κ1) is 15.1. The quantitative estimate of drug-likeness (QED) is 0.750. The van der Waals surface area contributed by atoms with Crippen molar-refractivity contribution >= 4 is 6.29 Å². The molecule has 0 aliphatic heterocycles. The molecule has 0 bridgehead atoms. The van der Waals surface area contributed by atoms with Crippen molar-refractivity contribution in [2.75, 3.05) is 0 Å². The number of halogens is 3. The Morgan fingerprint density at radius 2 is 1.62 bits per heavy atom. The Labute approximate surface area is 120 Å². The van der Waals surface area contributed by atoms with Crippen LogP contribution in [-0.4, -0.2) is 6.29 Å². The minimum atomic E-state index is -4.59. The molecule has 0 N–H and O–H groups in total. The predicted molar refractivity (Wildman–Crippen MR) is 72.8 cm³/mol. The van der Waals surface area contributed by atoms with Crippen LogP contribution in [-0.2, 0) is 6.18 Å². The van der Waals surface area contributed by atoms with Gasteiger partial charge in [-0.1, -0.05) is 6.07 Å². The SMILES string of the molecule is Cc1cc(C)cc(Oc2ccc(C=O)cc2C(F)(F)F)c1. The molecular formula is C16H13F3O2. The summed E-state index contributed by atoms with van der Waals surface area (Å²) in [4.78, 5) is 10.6. The smallest absolute Gasteiger partial charge is 0.420 e. The van der Waals surface area contributed by atoms with Crippen molar-refractivity contribution in [2.45, 2.75) is 20.0 Å². The first-order chi connectivity index (χ1) is 9.79. The molecule has 0 aliphatic rings. The molecule has 2 rings (SSSR count). The van der Waals surface area contributed by atoms with E-state index in [0.717, 1.165) is 23.3 Å². The molecule has 0 aromatic heterocycles. The van der Waals surface area contributed by atoms with Gasteiger partial charge in [0.15, 0.2) is 0 Å². The Morgan fingerprint density at radius 1 is 1.00 bits per heavy atom. The van der Waals surface area contributed by atoms with Crippen LogP contribution in [0.1, 0.15) is 27.0 Å². The van der Waals surface area contributed by atoms with Gasteiger partial charge in [-0.05, 0) is 55.3 Å². The lowest BCUT2D eigenvalue weighted by Gasteiger charge is -2.15. The first-order valence-electron chi connectivity index (χ1n) is 6.22. The lowest BCUT2D eigenvalue weighted by molar-refractivity contribution is -0.138. The van der Waals surface area contributed by atoms with Gasteiger partial charge in [-0.3, -0.25) is 4.79 Å². The van der Waals surface area contributed by atoms with Crippen molar-refractivity contribution < 1.29 is 22.7 Å². The third kappa shape index (κ3) is 3.62. The van der Waals surface area contributed by atoms with Gasteiger partial charge in [-0.25, -0.2) is 0 Å². The molecule has 0 amide bonds. The van der Waals surface area contributed by atoms with E-state index in [2.05, 4.69) is 0 Å². The van der Waals surface area contributed by atoms with Crippen LogP contribution in [0.3, 0.4) is 0 Å². The predicted octanol–water partition coefficient (Wildman–Crippen LogP) is 4.93. The number of alkyl halides is 3. The summed E-state index contributed by atoms with van der Waals surface area (Å²) in [6.07, 6.45) is -4.22. The topological polar surface area (TPSA) is 26.3 Å². The van der Waals surface area contributed by atoms with Crippen LogP contribution in [0.15, 0.2) is 36.4 Å². The number of hydrogen-bond donors (Lipinski definition) is 0. The molecule has 0 fully saturated rings. The second-order valence-electron chi connectivity index (χ2n) is 4.80. The van der Waals surface area contributed by atoms with Crippen molar-refractivity contribution in [3.63, 3.8) is 0 Å². The van der Waals surface area contributed by atoms with Crippen LogP contribution in [0.5, 0.6) is 11.5 Å². The van der Waals surface area contributed by atoms with Gasteiger partial charge in [0.1, 0.15) is 17.8 Å². The third-order valence-corrected chi connectivity index (χ3v) is 2.87. The monoisotopic (exact) mass is 294 g/mol. The summed E-state index contributed by atoms with van der Waals surface area (Å²) in [7, 11) is 0. The van der Waals surface area contributed by atoms with Gasteiger partial charge >= 0.3 is 6.18 Å². The molecule has 0 saturated heterocycles. The summed E-state index contributed by atoms with van der Waals surface area (Å²) in [6, 6.07) is 8.43. The molecule has 0 spiro atoms. The molecule has 21 heavy (non-hydrogen) atoms. The maximum absolute atomic E-state index is 13.0. The molecule has 0 aliphatic carbocycles. The molecule has 0 radical (unpaired) electrons. The highest BCUT2D eigenvalue weighted by Gasteiger charge is 2.34. The van der Waals surface area contributed by atoms with E-state index in [4.69, 9.17) is 4.74 Å². The molecule has 110 valence electrons. The zero-order valence-corrected chi connectivity index (χ0v) is 11.5. The molecule has 0 saturated carbocycles. The minimum Gasteiger partial charge on any atom is -0.457 e. The number of benzene rings is 2. The summed E-state index contributed by atoms with van der Waals surface area (Å²) in [6.45, 7) is 3.67. The Morgan fingerprint density at radius 3 is 2.14 bits per heavy atom. The first-order valence-corrected chi connectivity index (χ1v) is 6.22. The van der Waals surface area contributed by atoms with E-state index < -0.39 is 11.7 Å². The fourth-order valence-corrected chi connectivity index (χ4v) is 2.05. The number of ether oxygens (including phenoxy) is 1. The van der Waals surface area contributed by atoms with Crippen LogP contribution in [0.25, 0.3) is 0 Å². The Balaban J connectivity index is 2.46. The maximum atomic E-state index is 13.0. The van der Waals surface area contributed by atoms with Crippen molar-refractivity contribution in [1.82, 2.24) is 0 Å². The normalized spacial score (nSPS) is 11.3. The van der Waals surface area contributed by atoms with E-state index >= 15 is 0 Å². The van der Waals surface area contributed by atoms with Crippen LogP contribution in [0.4, 0.5) is 13.2 Å². The molecule has 2 aromatic rings. The van der Waals surface area contributed by atoms with Gasteiger partial charge in [0.05, 0.1) is 5.56 Å². The number of rotatable bonds is 3. The Bertz CT molecular complexity index is 655. The maximum Gasteiger partial charge on any atom is 0.420 e. The van der Waals surface area contributed by atoms with Crippen LogP contribution < -0.4 is 4.74 Å². The molecule has 0 unspecified atom stereocenters. The van der Waals surface area contributed by atoms with E-state index in [9.17, 15) is 18.0 Å². The molecular weight excluding hydrogens is 281 g/mol. The third-order valence-electron chi connectivity index (χ3n) is 2.87. The van der Waals surface area contributed by atoms with Gasteiger partial charge in [-0.2, -0.15) is 13.2 Å². The van der Waals surface area contributed by atoms with Crippen molar-refractivity contribution in [3.05, 3.63) is 58.7 Å². The zero-order chi connectivity index (χ0) is 15.6. The fraction of sp³-hybridized carbons (Fsp3) is 0.188. The number of carbonyl (C=O) groups excluding carboxylic acids is 1. The van der Waals surface area contributed by atoms with E-state index in [1.807, 2.05) is 19.9 Å². The van der Waals surface area contributed by atoms with Crippen LogP contribution in [0.2, 0.25) is 0 Å². The number of aryl methyl sites for hydroxylation is 2. The van der Waals surface area contributed by atoms with E-state index in [1.165, 1.54) is 6.07 Å². The molecule has 2 nitrogen and oxygen atoms in total. The number of hydrogen-bond acceptors (Lipinski definition) is 2. The minimum absolute atomic E-state index is 0.0462. The lowest BCUT2D eigenvalue weighted by Crippen LogP contribution is -2.08. The van der Waals surface area contributed by atoms with E-state index in [0.29, 0.717) is 12.0 Å². The van der Waals surface area contributed by atoms with Crippen LogP contribution >= 0.6 is 0 Å². The van der Waals surface area contributed by atoms with Crippen molar-refractivity contribution in [1.29, 1.82) is 0 Å². The Kier molecular flexibility index (Phi) is 4.02. The Hall–Kier alpha value is -2.30. The largest absolute Gasteiger partial charge is 0.457 e. The van der Waals surface area contributed by atoms with E-state index in [-0.39, 0.29) is 11.3 Å².